The van der Waals surface area contributed by atoms with Gasteiger partial charge in [0, 0.05) is 42.7 Å². The number of anilines is 2. The number of rotatable bonds is 6. The lowest BCUT2D eigenvalue weighted by molar-refractivity contribution is -0.137. The van der Waals surface area contributed by atoms with Crippen LogP contribution in [0.1, 0.15) is 21.6 Å². The lowest BCUT2D eigenvalue weighted by atomic mass is 10.0. The van der Waals surface area contributed by atoms with Crippen molar-refractivity contribution in [3.05, 3.63) is 71.7 Å². The molecule has 1 aromatic carbocycles. The predicted octanol–water partition coefficient (Wildman–Crippen LogP) is 4.20. The van der Waals surface area contributed by atoms with Crippen LogP contribution in [0.3, 0.4) is 0 Å². The molecule has 0 spiro atoms. The third kappa shape index (κ3) is 6.53. The van der Waals surface area contributed by atoms with Crippen LogP contribution in [0.4, 0.5) is 29.5 Å². The smallest absolute Gasteiger partial charge is 0.416 e. The number of alkyl halides is 3. The summed E-state index contributed by atoms with van der Waals surface area (Å²) in [5, 5.41) is 13.8. The highest BCUT2D eigenvalue weighted by atomic mass is 19.4. The van der Waals surface area contributed by atoms with Crippen molar-refractivity contribution in [2.45, 2.75) is 19.2 Å². The monoisotopic (exact) mass is 515 g/mol. The Morgan fingerprint density at radius 3 is 2.76 bits per heavy atom. The normalized spacial score (nSPS) is 15.8. The summed E-state index contributed by atoms with van der Waals surface area (Å²) in [4.78, 5) is 34.2. The van der Waals surface area contributed by atoms with Crippen molar-refractivity contribution < 1.29 is 32.6 Å². The van der Waals surface area contributed by atoms with Crippen molar-refractivity contribution in [1.82, 2.24) is 15.3 Å². The number of amides is 2. The molecule has 4 rings (SSSR count). The Hall–Kier alpha value is -4.19. The third-order valence-corrected chi connectivity index (χ3v) is 5.80. The largest absolute Gasteiger partial charge is 0.465 e. The van der Waals surface area contributed by atoms with Crippen LogP contribution in [0.5, 0.6) is 0 Å². The molecule has 3 N–H and O–H groups in total. The number of nitrogens with one attached hydrogen (secondary N) is 2. The number of ether oxygens (including phenoxy) is 1. The van der Waals surface area contributed by atoms with Gasteiger partial charge in [-0.1, -0.05) is 6.07 Å². The number of morpholine rings is 1. The highest BCUT2D eigenvalue weighted by molar-refractivity contribution is 6.04. The van der Waals surface area contributed by atoms with Crippen molar-refractivity contribution in [2.75, 3.05) is 36.5 Å². The molecule has 194 valence electrons. The van der Waals surface area contributed by atoms with E-state index in [9.17, 15) is 22.8 Å². The molecule has 0 aliphatic carbocycles. The zero-order chi connectivity index (χ0) is 26.6. The summed E-state index contributed by atoms with van der Waals surface area (Å²) in [5.74, 6) is -0.0219. The Balaban J connectivity index is 1.52. The van der Waals surface area contributed by atoms with Gasteiger partial charge in [-0.25, -0.2) is 9.78 Å². The topological polar surface area (TPSA) is 117 Å². The number of hydrogen-bond acceptors (Lipinski definition) is 6. The third-order valence-electron chi connectivity index (χ3n) is 5.80. The quantitative estimate of drug-likeness (QED) is 0.451. The van der Waals surface area contributed by atoms with Gasteiger partial charge in [-0.3, -0.25) is 9.78 Å². The van der Waals surface area contributed by atoms with E-state index < -0.39 is 23.7 Å². The van der Waals surface area contributed by atoms with Gasteiger partial charge in [-0.15, -0.1) is 0 Å². The molecule has 3 aromatic rings. The summed E-state index contributed by atoms with van der Waals surface area (Å²) in [6.45, 7) is 3.39. The molecule has 1 aliphatic heterocycles. The van der Waals surface area contributed by atoms with E-state index >= 15 is 0 Å². The van der Waals surface area contributed by atoms with Crippen LogP contribution in [0.25, 0.3) is 11.1 Å². The Kier molecular flexibility index (Phi) is 7.58. The predicted molar refractivity (Wildman–Crippen MR) is 130 cm³/mol. The van der Waals surface area contributed by atoms with E-state index in [1.165, 1.54) is 18.3 Å². The van der Waals surface area contributed by atoms with Crippen LogP contribution in [-0.2, 0) is 10.9 Å². The van der Waals surface area contributed by atoms with Gasteiger partial charge >= 0.3 is 12.3 Å². The maximum Gasteiger partial charge on any atom is 0.416 e. The molecular weight excluding hydrogens is 491 g/mol. The minimum atomic E-state index is -4.55. The summed E-state index contributed by atoms with van der Waals surface area (Å²) in [7, 11) is 0. The van der Waals surface area contributed by atoms with E-state index in [2.05, 4.69) is 20.6 Å². The molecule has 1 fully saturated rings. The Bertz CT molecular complexity index is 1300. The summed E-state index contributed by atoms with van der Waals surface area (Å²) in [6, 6.07) is 9.54. The second-order valence-corrected chi connectivity index (χ2v) is 8.42. The number of pyridine rings is 2. The van der Waals surface area contributed by atoms with Crippen LogP contribution >= 0.6 is 0 Å². The van der Waals surface area contributed by atoms with E-state index in [-0.39, 0.29) is 18.2 Å². The molecule has 0 bridgehead atoms. The minimum absolute atomic E-state index is 0.123. The zero-order valence-corrected chi connectivity index (χ0v) is 19.7. The molecule has 2 aromatic heterocycles. The first-order chi connectivity index (χ1) is 17.6. The Morgan fingerprint density at radius 1 is 1.19 bits per heavy atom. The van der Waals surface area contributed by atoms with E-state index in [1.54, 1.807) is 25.3 Å². The first kappa shape index (κ1) is 25.9. The standard InChI is InChI=1S/C25H24F3N5O4/c1-15-21(11-19(12-30-15)32-23(34)17-3-2-4-18(9-17)25(26,27)28)16-5-6-29-22(10-16)33-7-8-37-20(14-33)13-31-24(35)36/h2-6,9-12,20,31H,7-8,13-14H2,1H3,(H,32,34)(H,35,36). The maximum absolute atomic E-state index is 13.0. The fourth-order valence-electron chi connectivity index (χ4n) is 3.94. The molecule has 2 amide bonds. The van der Waals surface area contributed by atoms with Gasteiger partial charge in [0.25, 0.3) is 5.91 Å². The van der Waals surface area contributed by atoms with Crippen molar-refractivity contribution in [3.8, 4) is 11.1 Å². The van der Waals surface area contributed by atoms with Crippen molar-refractivity contribution in [3.63, 3.8) is 0 Å². The molecule has 3 heterocycles. The zero-order valence-electron chi connectivity index (χ0n) is 19.7. The number of carbonyl (C=O) groups excluding carboxylic acids is 1. The van der Waals surface area contributed by atoms with Gasteiger partial charge in [0.2, 0.25) is 0 Å². The first-order valence-electron chi connectivity index (χ1n) is 11.3. The number of carboxylic acid groups (broad SMARTS) is 1. The lowest BCUT2D eigenvalue weighted by Crippen LogP contribution is -2.47. The number of carbonyl (C=O) groups is 2. The number of aromatic nitrogens is 2. The molecule has 9 nitrogen and oxygen atoms in total. The van der Waals surface area contributed by atoms with Crippen molar-refractivity contribution in [1.29, 1.82) is 0 Å². The van der Waals surface area contributed by atoms with Gasteiger partial charge in [0.15, 0.2) is 0 Å². The van der Waals surface area contributed by atoms with E-state index in [0.717, 1.165) is 17.7 Å². The summed E-state index contributed by atoms with van der Waals surface area (Å²) >= 11 is 0. The number of hydrogen-bond donors (Lipinski definition) is 3. The van der Waals surface area contributed by atoms with Gasteiger partial charge < -0.3 is 25.4 Å². The number of benzene rings is 1. The van der Waals surface area contributed by atoms with Crippen LogP contribution in [0.2, 0.25) is 0 Å². The van der Waals surface area contributed by atoms with Gasteiger partial charge in [0.05, 0.1) is 30.2 Å². The maximum atomic E-state index is 13.0. The first-order valence-corrected chi connectivity index (χ1v) is 11.3. The summed E-state index contributed by atoms with van der Waals surface area (Å²) < 4.78 is 44.7. The van der Waals surface area contributed by atoms with E-state index in [0.29, 0.717) is 42.5 Å². The SMILES string of the molecule is Cc1ncc(NC(=O)c2cccc(C(F)(F)F)c2)cc1-c1ccnc(N2CCOC(CNC(=O)O)C2)c1. The molecule has 1 aliphatic rings. The Morgan fingerprint density at radius 2 is 2.00 bits per heavy atom. The van der Waals surface area contributed by atoms with Gasteiger partial charge in [-0.05, 0) is 48.9 Å². The van der Waals surface area contributed by atoms with Gasteiger partial charge in [-0.2, -0.15) is 13.2 Å². The second kappa shape index (κ2) is 10.8. The highest BCUT2D eigenvalue weighted by Gasteiger charge is 2.31. The summed E-state index contributed by atoms with van der Waals surface area (Å²) in [6.07, 6.45) is -2.93. The van der Waals surface area contributed by atoms with Crippen molar-refractivity contribution >= 4 is 23.5 Å². The molecule has 0 saturated carbocycles. The molecule has 37 heavy (non-hydrogen) atoms. The van der Waals surface area contributed by atoms with Crippen LogP contribution in [0, 0.1) is 6.92 Å². The minimum Gasteiger partial charge on any atom is -0.465 e. The Labute approximate surface area is 210 Å². The molecule has 1 atom stereocenters. The summed E-state index contributed by atoms with van der Waals surface area (Å²) in [5.41, 5.74) is 1.46. The van der Waals surface area contributed by atoms with Crippen LogP contribution < -0.4 is 15.5 Å². The van der Waals surface area contributed by atoms with Crippen LogP contribution in [0.15, 0.2) is 54.9 Å². The fraction of sp³-hybridized carbons (Fsp3) is 0.280. The van der Waals surface area contributed by atoms with E-state index in [4.69, 9.17) is 9.84 Å². The molecular formula is C25H24F3N5O4. The average Bonchev–Trinajstić information content (AvgIpc) is 2.88. The van der Waals surface area contributed by atoms with Gasteiger partial charge in [0.1, 0.15) is 5.82 Å². The second-order valence-electron chi connectivity index (χ2n) is 8.42. The van der Waals surface area contributed by atoms with E-state index in [1.807, 2.05) is 11.0 Å². The molecule has 1 unspecified atom stereocenters. The number of halogens is 3. The molecule has 1 saturated heterocycles. The van der Waals surface area contributed by atoms with Crippen LogP contribution in [-0.4, -0.2) is 59.4 Å². The number of aryl methyl sites for hydroxylation is 1. The highest BCUT2D eigenvalue weighted by Crippen LogP contribution is 2.31. The lowest BCUT2D eigenvalue weighted by Gasteiger charge is -2.33. The van der Waals surface area contributed by atoms with Crippen molar-refractivity contribution in [2.24, 2.45) is 0 Å². The molecule has 12 heteroatoms. The fourth-order valence-corrected chi connectivity index (χ4v) is 3.94. The number of nitrogens with zero attached hydrogens (tertiary/aromatic N) is 3. The molecule has 0 radical (unpaired) electrons. The average molecular weight is 515 g/mol.